The topological polar surface area (TPSA) is 40.8 Å². The van der Waals surface area contributed by atoms with E-state index in [2.05, 4.69) is 100 Å². The summed E-state index contributed by atoms with van der Waals surface area (Å²) in [5.74, 6) is 1.71. The molecular weight excluding hydrogens is 483 g/mol. The van der Waals surface area contributed by atoms with Crippen LogP contribution in [0.2, 0.25) is 0 Å². The van der Waals surface area contributed by atoms with Crippen LogP contribution < -0.4 is 10.2 Å². The molecule has 6 aromatic rings. The van der Waals surface area contributed by atoms with Gasteiger partial charge >= 0.3 is 7.12 Å². The fourth-order valence-corrected chi connectivity index (χ4v) is 6.00. The van der Waals surface area contributed by atoms with E-state index in [0.717, 1.165) is 71.9 Å². The highest BCUT2D eigenvalue weighted by Gasteiger charge is 2.51. The van der Waals surface area contributed by atoms with E-state index >= 15 is 0 Å². The summed E-state index contributed by atoms with van der Waals surface area (Å²) in [5.41, 5.74) is 6.33. The summed E-state index contributed by atoms with van der Waals surface area (Å²) in [6.45, 7) is 8.34. The number of fused-ring (bicyclic) bond motifs is 6. The summed E-state index contributed by atoms with van der Waals surface area (Å²) in [6.07, 6.45) is 0. The largest absolute Gasteiger partial charge is 0.494 e. The lowest BCUT2D eigenvalue weighted by molar-refractivity contribution is 0.00578. The van der Waals surface area contributed by atoms with Crippen molar-refractivity contribution in [2.24, 2.45) is 0 Å². The van der Waals surface area contributed by atoms with E-state index in [1.54, 1.807) is 0 Å². The van der Waals surface area contributed by atoms with E-state index in [-0.39, 0.29) is 0 Å². The lowest BCUT2D eigenvalue weighted by atomic mass is 9.77. The first-order valence-corrected chi connectivity index (χ1v) is 13.4. The van der Waals surface area contributed by atoms with E-state index < -0.39 is 18.3 Å². The predicted molar refractivity (Wildman–Crippen MR) is 158 cm³/mol. The highest BCUT2D eigenvalue weighted by molar-refractivity contribution is 6.62. The van der Waals surface area contributed by atoms with Crippen molar-refractivity contribution >= 4 is 45.3 Å². The first-order chi connectivity index (χ1) is 18.8. The Morgan fingerprint density at radius 3 is 2.21 bits per heavy atom. The molecule has 2 aliphatic rings. The van der Waals surface area contributed by atoms with Gasteiger partial charge in [0, 0.05) is 27.3 Å². The molecule has 5 heteroatoms. The second-order valence-electron chi connectivity index (χ2n) is 11.6. The van der Waals surface area contributed by atoms with Gasteiger partial charge in [0.1, 0.15) is 22.7 Å². The Hall–Kier alpha value is -4.06. The molecular formula is C34H27BO4. The molecule has 4 nitrogen and oxygen atoms in total. The van der Waals surface area contributed by atoms with Gasteiger partial charge in [-0.15, -0.1) is 0 Å². The summed E-state index contributed by atoms with van der Waals surface area (Å²) in [7, 11) is -0.418. The highest BCUT2D eigenvalue weighted by Crippen LogP contribution is 2.51. The van der Waals surface area contributed by atoms with Gasteiger partial charge < -0.3 is 18.5 Å². The number of rotatable bonds is 2. The average Bonchev–Trinajstić information content (AvgIpc) is 3.41. The van der Waals surface area contributed by atoms with E-state index in [1.165, 1.54) is 0 Å². The van der Waals surface area contributed by atoms with Crippen LogP contribution in [0.4, 0.5) is 0 Å². The summed E-state index contributed by atoms with van der Waals surface area (Å²) >= 11 is 0. The molecule has 0 N–H and O–H groups in total. The van der Waals surface area contributed by atoms with Gasteiger partial charge in [0.05, 0.1) is 11.2 Å². The molecule has 2 aliphatic heterocycles. The van der Waals surface area contributed by atoms with Crippen LogP contribution >= 0.6 is 0 Å². The van der Waals surface area contributed by atoms with Gasteiger partial charge in [-0.3, -0.25) is 0 Å². The zero-order valence-corrected chi connectivity index (χ0v) is 22.4. The van der Waals surface area contributed by atoms with Gasteiger partial charge in [-0.1, -0.05) is 66.7 Å². The van der Waals surface area contributed by atoms with Crippen molar-refractivity contribution in [3.63, 3.8) is 0 Å². The highest BCUT2D eigenvalue weighted by atomic mass is 16.7. The minimum Gasteiger partial charge on any atom is -0.456 e. The second kappa shape index (κ2) is 7.75. The fourth-order valence-electron chi connectivity index (χ4n) is 6.00. The van der Waals surface area contributed by atoms with Crippen molar-refractivity contribution in [1.29, 1.82) is 0 Å². The maximum atomic E-state index is 6.67. The molecule has 0 aliphatic carbocycles. The predicted octanol–water partition coefficient (Wildman–Crippen LogP) is 8.48. The maximum absolute atomic E-state index is 6.67. The maximum Gasteiger partial charge on any atom is 0.494 e. The molecule has 0 saturated carbocycles. The minimum atomic E-state index is -0.418. The molecule has 1 saturated heterocycles. The standard InChI is InChI=1S/C34H27BO4/c1-33(2)34(3,4)39-35(38-33)22-12-7-10-20(18-22)23-14-9-17-28-30(23)25-19-21-11-8-16-27-29(21)31(32(25)37-28)24-13-5-6-15-26(24)36-27/h5-19H,1-4H3. The Labute approximate surface area is 227 Å². The van der Waals surface area contributed by atoms with Gasteiger partial charge in [0.25, 0.3) is 0 Å². The Balaban J connectivity index is 1.37. The van der Waals surface area contributed by atoms with Crippen LogP contribution in [0, 0.1) is 0 Å². The summed E-state index contributed by atoms with van der Waals surface area (Å²) in [5, 5.41) is 4.42. The second-order valence-corrected chi connectivity index (χ2v) is 11.6. The lowest BCUT2D eigenvalue weighted by Crippen LogP contribution is -2.41. The van der Waals surface area contributed by atoms with Crippen LogP contribution in [0.15, 0.2) is 95.4 Å². The summed E-state index contributed by atoms with van der Waals surface area (Å²) in [6, 6.07) is 31.4. The molecule has 0 bridgehead atoms. The van der Waals surface area contributed by atoms with E-state index in [0.29, 0.717) is 0 Å². The van der Waals surface area contributed by atoms with Crippen molar-refractivity contribution in [3.05, 3.63) is 91.0 Å². The monoisotopic (exact) mass is 510 g/mol. The van der Waals surface area contributed by atoms with Gasteiger partial charge in [-0.05, 0) is 73.9 Å². The number of hydrogen-bond donors (Lipinski definition) is 0. The third-order valence-electron chi connectivity index (χ3n) is 8.69. The molecule has 39 heavy (non-hydrogen) atoms. The SMILES string of the molecule is CC1(C)OB(c2cccc(-c3cccc4oc5c6c7c(cccc7cc5c34)Oc3ccccc3-6)c2)OC1(C)C. The molecule has 190 valence electrons. The Kier molecular flexibility index (Phi) is 4.55. The third-order valence-corrected chi connectivity index (χ3v) is 8.69. The molecule has 3 heterocycles. The molecule has 0 radical (unpaired) electrons. The Morgan fingerprint density at radius 1 is 0.641 bits per heavy atom. The van der Waals surface area contributed by atoms with Crippen LogP contribution in [0.1, 0.15) is 27.7 Å². The first-order valence-electron chi connectivity index (χ1n) is 13.4. The zero-order chi connectivity index (χ0) is 26.5. The van der Waals surface area contributed by atoms with E-state index in [1.807, 2.05) is 18.2 Å². The minimum absolute atomic E-state index is 0.393. The molecule has 0 spiro atoms. The smallest absolute Gasteiger partial charge is 0.456 e. The van der Waals surface area contributed by atoms with Crippen LogP contribution in [0.5, 0.6) is 11.5 Å². The molecule has 8 rings (SSSR count). The van der Waals surface area contributed by atoms with Gasteiger partial charge in [0.2, 0.25) is 0 Å². The fraction of sp³-hybridized carbons (Fsp3) is 0.176. The van der Waals surface area contributed by atoms with E-state index in [4.69, 9.17) is 18.5 Å². The zero-order valence-electron chi connectivity index (χ0n) is 22.4. The number of furan rings is 1. The van der Waals surface area contributed by atoms with Gasteiger partial charge in [-0.25, -0.2) is 0 Å². The van der Waals surface area contributed by atoms with Crippen molar-refractivity contribution in [3.8, 4) is 33.8 Å². The summed E-state index contributed by atoms with van der Waals surface area (Å²) in [4.78, 5) is 0. The molecule has 1 fully saturated rings. The van der Waals surface area contributed by atoms with E-state index in [9.17, 15) is 0 Å². The van der Waals surface area contributed by atoms with Crippen molar-refractivity contribution in [2.75, 3.05) is 0 Å². The average molecular weight is 510 g/mol. The molecule has 1 aromatic heterocycles. The molecule has 5 aromatic carbocycles. The van der Waals surface area contributed by atoms with Crippen LogP contribution in [0.25, 0.3) is 55.0 Å². The number of benzene rings is 5. The number of ether oxygens (including phenoxy) is 1. The molecule has 0 atom stereocenters. The Bertz CT molecular complexity index is 1950. The third kappa shape index (κ3) is 3.21. The number of para-hydroxylation sites is 1. The van der Waals surface area contributed by atoms with Crippen LogP contribution in [-0.4, -0.2) is 18.3 Å². The first kappa shape index (κ1) is 22.9. The summed E-state index contributed by atoms with van der Waals surface area (Å²) < 4.78 is 25.7. The molecule has 0 unspecified atom stereocenters. The van der Waals surface area contributed by atoms with Crippen LogP contribution in [0.3, 0.4) is 0 Å². The van der Waals surface area contributed by atoms with Gasteiger partial charge in [0.15, 0.2) is 0 Å². The van der Waals surface area contributed by atoms with Crippen molar-refractivity contribution in [1.82, 2.24) is 0 Å². The quantitative estimate of drug-likeness (QED) is 0.219. The molecule has 0 amide bonds. The van der Waals surface area contributed by atoms with Crippen molar-refractivity contribution in [2.45, 2.75) is 38.9 Å². The normalized spacial score (nSPS) is 17.1. The van der Waals surface area contributed by atoms with Gasteiger partial charge in [-0.2, -0.15) is 0 Å². The van der Waals surface area contributed by atoms with Crippen LogP contribution in [-0.2, 0) is 9.31 Å². The van der Waals surface area contributed by atoms with Crippen molar-refractivity contribution < 1.29 is 18.5 Å². The Morgan fingerprint density at radius 2 is 1.36 bits per heavy atom. The number of hydrogen-bond acceptors (Lipinski definition) is 4. The lowest BCUT2D eigenvalue weighted by Gasteiger charge is -2.32.